The van der Waals surface area contributed by atoms with Crippen molar-refractivity contribution < 1.29 is 13.5 Å². The van der Waals surface area contributed by atoms with Crippen molar-refractivity contribution in [2.24, 2.45) is 0 Å². The van der Waals surface area contributed by atoms with Crippen LogP contribution >= 0.6 is 15.9 Å². The summed E-state index contributed by atoms with van der Waals surface area (Å²) < 4.78 is 32.6. The molecule has 0 aliphatic heterocycles. The predicted molar refractivity (Wildman–Crippen MR) is 69.5 cm³/mol. The Labute approximate surface area is 117 Å². The first-order chi connectivity index (χ1) is 9.11. The van der Waals surface area contributed by atoms with E-state index < -0.39 is 11.6 Å². The van der Waals surface area contributed by atoms with Crippen molar-refractivity contribution in [2.45, 2.75) is 6.61 Å². The molecule has 2 nitrogen and oxygen atoms in total. The molecular weight excluding hydrogens is 316 g/mol. The molecule has 2 aromatic rings. The van der Waals surface area contributed by atoms with Crippen LogP contribution in [0.1, 0.15) is 11.1 Å². The highest BCUT2D eigenvalue weighted by Crippen LogP contribution is 2.23. The number of ether oxygens (including phenoxy) is 1. The summed E-state index contributed by atoms with van der Waals surface area (Å²) in [7, 11) is 0. The van der Waals surface area contributed by atoms with E-state index >= 15 is 0 Å². The van der Waals surface area contributed by atoms with Crippen LogP contribution in [-0.4, -0.2) is 0 Å². The number of hydrogen-bond acceptors (Lipinski definition) is 2. The van der Waals surface area contributed by atoms with Gasteiger partial charge in [0.1, 0.15) is 24.0 Å². The lowest BCUT2D eigenvalue weighted by Crippen LogP contribution is -2.02. The van der Waals surface area contributed by atoms with Crippen LogP contribution in [0.5, 0.6) is 5.75 Å². The molecule has 0 amide bonds. The molecule has 0 atom stereocenters. The highest BCUT2D eigenvalue weighted by Gasteiger charge is 2.12. The third-order valence-electron chi connectivity index (χ3n) is 2.51. The smallest absolute Gasteiger partial charge is 0.146 e. The lowest BCUT2D eigenvalue weighted by Gasteiger charge is -2.09. The summed E-state index contributed by atoms with van der Waals surface area (Å²) in [4.78, 5) is 0. The fraction of sp³-hybridized carbons (Fsp3) is 0.0714. The minimum Gasteiger partial charge on any atom is -0.489 e. The molecule has 2 rings (SSSR count). The van der Waals surface area contributed by atoms with Crippen LogP contribution in [-0.2, 0) is 6.61 Å². The Balaban J connectivity index is 2.14. The number of nitriles is 1. The van der Waals surface area contributed by atoms with E-state index in [9.17, 15) is 8.78 Å². The van der Waals surface area contributed by atoms with Gasteiger partial charge in [0, 0.05) is 0 Å². The van der Waals surface area contributed by atoms with Crippen LogP contribution in [0.15, 0.2) is 40.9 Å². The maximum atomic E-state index is 13.7. The molecule has 0 fully saturated rings. The van der Waals surface area contributed by atoms with Crippen molar-refractivity contribution in [3.63, 3.8) is 0 Å². The summed E-state index contributed by atoms with van der Waals surface area (Å²) in [5.41, 5.74) is 0.353. The summed E-state index contributed by atoms with van der Waals surface area (Å²) in [5, 5.41) is 8.64. The normalized spacial score (nSPS) is 10.0. The Hall–Kier alpha value is -1.93. The monoisotopic (exact) mass is 323 g/mol. The fourth-order valence-electron chi connectivity index (χ4n) is 1.48. The lowest BCUT2D eigenvalue weighted by atomic mass is 10.2. The average Bonchev–Trinajstić information content (AvgIpc) is 2.44. The number of halogens is 3. The van der Waals surface area contributed by atoms with Gasteiger partial charge >= 0.3 is 0 Å². The molecule has 5 heteroatoms. The van der Waals surface area contributed by atoms with Gasteiger partial charge in [0.2, 0.25) is 0 Å². The molecule has 0 aliphatic carbocycles. The van der Waals surface area contributed by atoms with E-state index in [1.807, 2.05) is 6.07 Å². The number of benzene rings is 2. The SMILES string of the molecule is N#Cc1ccc(OCc2c(F)ccc(Br)c2F)cc1. The molecule has 0 bridgehead atoms. The van der Waals surface area contributed by atoms with E-state index in [0.717, 1.165) is 0 Å². The van der Waals surface area contributed by atoms with Crippen molar-refractivity contribution in [1.82, 2.24) is 0 Å². The van der Waals surface area contributed by atoms with Gasteiger partial charge in [0.25, 0.3) is 0 Å². The highest BCUT2D eigenvalue weighted by molar-refractivity contribution is 9.10. The zero-order valence-corrected chi connectivity index (χ0v) is 11.2. The quantitative estimate of drug-likeness (QED) is 0.794. The van der Waals surface area contributed by atoms with Crippen LogP contribution in [0, 0.1) is 23.0 Å². The Morgan fingerprint density at radius 3 is 2.42 bits per heavy atom. The summed E-state index contributed by atoms with van der Waals surface area (Å²) in [6.45, 7) is -0.219. The first-order valence-electron chi connectivity index (χ1n) is 5.37. The van der Waals surface area contributed by atoms with Gasteiger partial charge in [-0.15, -0.1) is 0 Å². The van der Waals surface area contributed by atoms with Crippen molar-refractivity contribution in [2.75, 3.05) is 0 Å². The van der Waals surface area contributed by atoms with Crippen molar-refractivity contribution in [3.05, 3.63) is 63.6 Å². The van der Waals surface area contributed by atoms with Crippen LogP contribution in [0.4, 0.5) is 8.78 Å². The zero-order chi connectivity index (χ0) is 13.8. The number of hydrogen-bond donors (Lipinski definition) is 0. The molecule has 96 valence electrons. The van der Waals surface area contributed by atoms with E-state index in [2.05, 4.69) is 15.9 Å². The maximum absolute atomic E-state index is 13.7. The van der Waals surface area contributed by atoms with Crippen molar-refractivity contribution in [1.29, 1.82) is 5.26 Å². The molecule has 0 heterocycles. The fourth-order valence-corrected chi connectivity index (χ4v) is 1.85. The van der Waals surface area contributed by atoms with Gasteiger partial charge in [-0.3, -0.25) is 0 Å². The van der Waals surface area contributed by atoms with Crippen molar-refractivity contribution in [3.8, 4) is 11.8 Å². The molecule has 0 spiro atoms. The topological polar surface area (TPSA) is 33.0 Å². The molecule has 0 saturated carbocycles. The van der Waals surface area contributed by atoms with Crippen molar-refractivity contribution >= 4 is 15.9 Å². The van der Waals surface area contributed by atoms with E-state index in [4.69, 9.17) is 10.00 Å². The zero-order valence-electron chi connectivity index (χ0n) is 9.66. The van der Waals surface area contributed by atoms with Gasteiger partial charge in [0.15, 0.2) is 0 Å². The largest absolute Gasteiger partial charge is 0.489 e. The number of rotatable bonds is 3. The molecule has 0 aromatic heterocycles. The average molecular weight is 324 g/mol. The molecule has 0 radical (unpaired) electrons. The molecule has 2 aromatic carbocycles. The summed E-state index contributed by atoms with van der Waals surface area (Å²) in [6, 6.07) is 10.7. The lowest BCUT2D eigenvalue weighted by molar-refractivity contribution is 0.292. The molecule has 19 heavy (non-hydrogen) atoms. The van der Waals surface area contributed by atoms with Crippen LogP contribution in [0.3, 0.4) is 0 Å². The standard InChI is InChI=1S/C14H8BrF2NO/c15-12-5-6-13(16)11(14(12)17)8-19-10-3-1-9(7-18)2-4-10/h1-6H,8H2. The summed E-state index contributed by atoms with van der Waals surface area (Å²) in [6.07, 6.45) is 0. The number of nitrogens with zero attached hydrogens (tertiary/aromatic N) is 1. The third kappa shape index (κ3) is 3.09. The first-order valence-corrected chi connectivity index (χ1v) is 6.16. The predicted octanol–water partition coefficient (Wildman–Crippen LogP) is 4.18. The van der Waals surface area contributed by atoms with Gasteiger partial charge < -0.3 is 4.74 Å². The van der Waals surface area contributed by atoms with E-state index in [-0.39, 0.29) is 16.6 Å². The minimum atomic E-state index is -0.673. The van der Waals surface area contributed by atoms with E-state index in [1.54, 1.807) is 24.3 Å². The second kappa shape index (κ2) is 5.81. The van der Waals surface area contributed by atoms with Gasteiger partial charge in [-0.25, -0.2) is 8.78 Å². The summed E-state index contributed by atoms with van der Waals surface area (Å²) in [5.74, 6) is -0.888. The Kier molecular flexibility index (Phi) is 4.13. The van der Waals surface area contributed by atoms with Crippen LogP contribution < -0.4 is 4.74 Å². The van der Waals surface area contributed by atoms with Gasteiger partial charge in [0.05, 0.1) is 21.7 Å². The second-order valence-corrected chi connectivity index (χ2v) is 4.60. The van der Waals surface area contributed by atoms with E-state index in [0.29, 0.717) is 11.3 Å². The molecule has 0 aliphatic rings. The highest BCUT2D eigenvalue weighted by atomic mass is 79.9. The Morgan fingerprint density at radius 1 is 1.11 bits per heavy atom. The molecule has 0 N–H and O–H groups in total. The van der Waals surface area contributed by atoms with Gasteiger partial charge in [-0.05, 0) is 52.3 Å². The molecule has 0 saturated heterocycles. The second-order valence-electron chi connectivity index (χ2n) is 3.75. The summed E-state index contributed by atoms with van der Waals surface area (Å²) >= 11 is 2.99. The van der Waals surface area contributed by atoms with E-state index in [1.165, 1.54) is 12.1 Å². The molecule has 0 unspecified atom stereocenters. The van der Waals surface area contributed by atoms with Gasteiger partial charge in [-0.1, -0.05) is 0 Å². The molecular formula is C14H8BrF2NO. The third-order valence-corrected chi connectivity index (χ3v) is 3.12. The minimum absolute atomic E-state index is 0.140. The Morgan fingerprint density at radius 2 is 1.79 bits per heavy atom. The maximum Gasteiger partial charge on any atom is 0.146 e. The Bertz CT molecular complexity index is 635. The van der Waals surface area contributed by atoms with Gasteiger partial charge in [-0.2, -0.15) is 5.26 Å². The van der Waals surface area contributed by atoms with Crippen LogP contribution in [0.2, 0.25) is 0 Å². The first kappa shape index (κ1) is 13.5. The van der Waals surface area contributed by atoms with Crippen LogP contribution in [0.25, 0.3) is 0 Å².